The highest BCUT2D eigenvalue weighted by atomic mass is 32.2. The smallest absolute Gasteiger partial charge is 0.255 e. The lowest BCUT2D eigenvalue weighted by atomic mass is 9.72. The maximum absolute atomic E-state index is 12.9. The molecule has 180 valence electrons. The molecule has 0 spiro atoms. The molecule has 0 unspecified atom stereocenters. The molecule has 1 saturated heterocycles. The van der Waals surface area contributed by atoms with E-state index >= 15 is 0 Å². The number of anilines is 1. The summed E-state index contributed by atoms with van der Waals surface area (Å²) in [5.41, 5.74) is 0.631. The number of nitrogens with one attached hydrogen (secondary N) is 3. The van der Waals surface area contributed by atoms with Gasteiger partial charge in [-0.3, -0.25) is 19.7 Å². The van der Waals surface area contributed by atoms with Gasteiger partial charge in [-0.05, 0) is 61.6 Å². The van der Waals surface area contributed by atoms with Crippen molar-refractivity contribution in [1.29, 1.82) is 0 Å². The van der Waals surface area contributed by atoms with Crippen molar-refractivity contribution < 1.29 is 27.5 Å². The first-order valence-electron chi connectivity index (χ1n) is 11.1. The zero-order valence-electron chi connectivity index (χ0n) is 19.0. The molecule has 0 aromatic heterocycles. The van der Waals surface area contributed by atoms with Gasteiger partial charge in [-0.1, -0.05) is 19.1 Å². The lowest BCUT2D eigenvalue weighted by Crippen LogP contribution is -2.51. The number of piperidine rings is 1. The van der Waals surface area contributed by atoms with E-state index in [1.54, 1.807) is 24.3 Å². The Bertz CT molecular complexity index is 1240. The van der Waals surface area contributed by atoms with E-state index in [-0.39, 0.29) is 40.5 Å². The minimum atomic E-state index is -3.82. The number of carbonyl (C=O) groups excluding carboxylic acids is 3. The SMILES string of the molecule is CC[C@]1(c2ccc(NC(=O)c3ccc(OC)c(S(=O)(=O)NC4CC4)c3)cc2)CCC(=O)NC1=O. The Hall–Kier alpha value is -3.24. The fourth-order valence-electron chi connectivity index (χ4n) is 4.15. The third-order valence-electron chi connectivity index (χ3n) is 6.38. The third kappa shape index (κ3) is 4.69. The van der Waals surface area contributed by atoms with Gasteiger partial charge in [0.15, 0.2) is 0 Å². The minimum Gasteiger partial charge on any atom is -0.495 e. The van der Waals surface area contributed by atoms with E-state index in [1.165, 1.54) is 25.3 Å². The van der Waals surface area contributed by atoms with Gasteiger partial charge in [0.2, 0.25) is 21.8 Å². The molecule has 1 aliphatic heterocycles. The van der Waals surface area contributed by atoms with Gasteiger partial charge < -0.3 is 10.1 Å². The molecular weight excluding hydrogens is 458 g/mol. The van der Waals surface area contributed by atoms with Crippen LogP contribution in [0.15, 0.2) is 47.4 Å². The van der Waals surface area contributed by atoms with E-state index < -0.39 is 21.3 Å². The van der Waals surface area contributed by atoms with E-state index in [1.807, 2.05) is 6.92 Å². The van der Waals surface area contributed by atoms with E-state index in [2.05, 4.69) is 15.4 Å². The second-order valence-corrected chi connectivity index (χ2v) is 10.3. The summed E-state index contributed by atoms with van der Waals surface area (Å²) in [5, 5.41) is 5.17. The fraction of sp³-hybridized carbons (Fsp3) is 0.375. The van der Waals surface area contributed by atoms with Crippen LogP contribution in [0.25, 0.3) is 0 Å². The molecule has 2 aliphatic rings. The molecule has 0 bridgehead atoms. The highest BCUT2D eigenvalue weighted by molar-refractivity contribution is 7.89. The van der Waals surface area contributed by atoms with Gasteiger partial charge in [0.1, 0.15) is 10.6 Å². The molecule has 9 nitrogen and oxygen atoms in total. The van der Waals surface area contributed by atoms with Crippen LogP contribution >= 0.6 is 0 Å². The molecule has 2 aromatic carbocycles. The molecule has 0 radical (unpaired) electrons. The summed E-state index contributed by atoms with van der Waals surface area (Å²) in [6.07, 6.45) is 2.81. The largest absolute Gasteiger partial charge is 0.495 e. The normalized spacial score (nSPS) is 20.5. The topological polar surface area (TPSA) is 131 Å². The van der Waals surface area contributed by atoms with Crippen LogP contribution in [-0.4, -0.2) is 39.3 Å². The summed E-state index contributed by atoms with van der Waals surface area (Å²) >= 11 is 0. The Balaban J connectivity index is 1.53. The summed E-state index contributed by atoms with van der Waals surface area (Å²) in [4.78, 5) is 36.9. The van der Waals surface area contributed by atoms with Crippen molar-refractivity contribution in [3.05, 3.63) is 53.6 Å². The predicted molar refractivity (Wildman–Crippen MR) is 125 cm³/mol. The maximum atomic E-state index is 12.9. The average molecular weight is 486 g/mol. The van der Waals surface area contributed by atoms with Crippen LogP contribution in [0.3, 0.4) is 0 Å². The second kappa shape index (κ2) is 9.19. The number of methoxy groups -OCH3 is 1. The summed E-state index contributed by atoms with van der Waals surface area (Å²) in [6, 6.07) is 11.1. The van der Waals surface area contributed by atoms with Gasteiger partial charge in [0.25, 0.3) is 5.91 Å². The molecule has 1 atom stereocenters. The van der Waals surface area contributed by atoms with Crippen LogP contribution in [0.4, 0.5) is 5.69 Å². The Kier molecular flexibility index (Phi) is 6.46. The average Bonchev–Trinajstić information content (AvgIpc) is 3.63. The van der Waals surface area contributed by atoms with Crippen LogP contribution in [-0.2, 0) is 25.0 Å². The molecule has 1 saturated carbocycles. The summed E-state index contributed by atoms with van der Waals surface area (Å²) in [5.74, 6) is -0.909. The van der Waals surface area contributed by atoms with Gasteiger partial charge in [-0.2, -0.15) is 0 Å². The molecule has 3 N–H and O–H groups in total. The minimum absolute atomic E-state index is 0.0820. The Morgan fingerprint density at radius 2 is 1.85 bits per heavy atom. The second-order valence-electron chi connectivity index (χ2n) is 8.61. The lowest BCUT2D eigenvalue weighted by molar-refractivity contribution is -0.138. The van der Waals surface area contributed by atoms with Crippen molar-refractivity contribution in [3.8, 4) is 5.75 Å². The number of imide groups is 1. The van der Waals surface area contributed by atoms with Gasteiger partial charge in [0.05, 0.1) is 12.5 Å². The summed E-state index contributed by atoms with van der Waals surface area (Å²) in [6.45, 7) is 1.90. The molecule has 2 aromatic rings. The van der Waals surface area contributed by atoms with Crippen LogP contribution in [0.1, 0.15) is 54.9 Å². The third-order valence-corrected chi connectivity index (χ3v) is 7.92. The number of hydrogen-bond acceptors (Lipinski definition) is 6. The molecule has 2 fully saturated rings. The summed E-state index contributed by atoms with van der Waals surface area (Å²) < 4.78 is 33.2. The van der Waals surface area contributed by atoms with Crippen molar-refractivity contribution >= 4 is 33.4 Å². The fourth-order valence-corrected chi connectivity index (χ4v) is 5.65. The first kappa shape index (κ1) is 23.9. The van der Waals surface area contributed by atoms with Crippen molar-refractivity contribution in [2.45, 2.75) is 55.4 Å². The zero-order chi connectivity index (χ0) is 24.5. The van der Waals surface area contributed by atoms with Gasteiger partial charge in [-0.15, -0.1) is 0 Å². The molecule has 1 heterocycles. The van der Waals surface area contributed by atoms with E-state index in [0.717, 1.165) is 18.4 Å². The van der Waals surface area contributed by atoms with E-state index in [9.17, 15) is 22.8 Å². The number of benzene rings is 2. The highest BCUT2D eigenvalue weighted by Gasteiger charge is 2.42. The Morgan fingerprint density at radius 3 is 2.44 bits per heavy atom. The molecular formula is C24H27N3O6S. The lowest BCUT2D eigenvalue weighted by Gasteiger charge is -2.35. The van der Waals surface area contributed by atoms with Gasteiger partial charge in [-0.25, -0.2) is 13.1 Å². The molecule has 10 heteroatoms. The Morgan fingerprint density at radius 1 is 1.15 bits per heavy atom. The number of hydrogen-bond donors (Lipinski definition) is 3. The Labute approximate surface area is 198 Å². The number of amides is 3. The van der Waals surface area contributed by atoms with Crippen LogP contribution in [0.2, 0.25) is 0 Å². The molecule has 34 heavy (non-hydrogen) atoms. The van der Waals surface area contributed by atoms with E-state index in [4.69, 9.17) is 4.74 Å². The molecule has 1 aliphatic carbocycles. The predicted octanol–water partition coefficient (Wildman–Crippen LogP) is 2.47. The zero-order valence-corrected chi connectivity index (χ0v) is 19.8. The monoisotopic (exact) mass is 485 g/mol. The molecule has 4 rings (SSSR count). The first-order chi connectivity index (χ1) is 16.2. The first-order valence-corrected chi connectivity index (χ1v) is 12.6. The van der Waals surface area contributed by atoms with Gasteiger partial charge >= 0.3 is 0 Å². The van der Waals surface area contributed by atoms with Crippen molar-refractivity contribution in [2.75, 3.05) is 12.4 Å². The number of sulfonamides is 1. The maximum Gasteiger partial charge on any atom is 0.255 e. The number of rotatable bonds is 8. The van der Waals surface area contributed by atoms with Crippen molar-refractivity contribution in [3.63, 3.8) is 0 Å². The number of ether oxygens (including phenoxy) is 1. The summed E-state index contributed by atoms with van der Waals surface area (Å²) in [7, 11) is -2.45. The number of carbonyl (C=O) groups is 3. The van der Waals surface area contributed by atoms with Gasteiger partial charge in [0, 0.05) is 23.7 Å². The molecule has 3 amide bonds. The quantitative estimate of drug-likeness (QED) is 0.493. The van der Waals surface area contributed by atoms with Crippen molar-refractivity contribution in [2.24, 2.45) is 0 Å². The highest BCUT2D eigenvalue weighted by Crippen LogP contribution is 2.36. The standard InChI is InChI=1S/C24H27N3O6S/c1-3-24(13-12-21(28)26-23(24)30)16-5-7-17(8-6-16)25-22(29)15-4-11-19(33-2)20(14-15)34(31,32)27-18-9-10-18/h4-8,11,14,18,27H,3,9-10,12-13H2,1-2H3,(H,25,29)(H,26,28,30)/t24-/m1/s1. The van der Waals surface area contributed by atoms with Crippen LogP contribution in [0.5, 0.6) is 5.75 Å². The van der Waals surface area contributed by atoms with Crippen LogP contribution in [0, 0.1) is 0 Å². The van der Waals surface area contributed by atoms with Crippen molar-refractivity contribution in [1.82, 2.24) is 10.0 Å². The van der Waals surface area contributed by atoms with E-state index in [0.29, 0.717) is 18.5 Å². The van der Waals surface area contributed by atoms with Crippen LogP contribution < -0.4 is 20.1 Å².